The Morgan fingerprint density at radius 3 is 1.78 bits per heavy atom. The maximum Gasteiger partial charge on any atom is 0.164 e. The second-order valence-electron chi connectivity index (χ2n) is 13.5. The first-order chi connectivity index (χ1) is 27.2. The van der Waals surface area contributed by atoms with Gasteiger partial charge in [0.25, 0.3) is 0 Å². The molecular weight excluding hydrogens is 675 g/mol. The van der Waals surface area contributed by atoms with E-state index < -0.39 is 0 Å². The van der Waals surface area contributed by atoms with E-state index in [9.17, 15) is 0 Å². The van der Waals surface area contributed by atoms with Gasteiger partial charge in [0.15, 0.2) is 17.5 Å². The molecule has 7 aromatic carbocycles. The SMILES string of the molecule is C/C=C\C=C/c1cc(-c2cccc3oc4cc(-c5ccccc5)ccc4c23)ccc1-c1nc(-c2ccccc2)nc(-c2cccc3oc4ccccc4c23)n1. The molecule has 0 amide bonds. The van der Waals surface area contributed by atoms with E-state index in [1.165, 1.54) is 0 Å². The van der Waals surface area contributed by atoms with Gasteiger partial charge in [-0.25, -0.2) is 15.0 Å². The predicted molar refractivity (Wildman–Crippen MR) is 225 cm³/mol. The van der Waals surface area contributed by atoms with Gasteiger partial charge < -0.3 is 8.83 Å². The third-order valence-electron chi connectivity index (χ3n) is 10.1. The molecule has 0 saturated heterocycles. The monoisotopic (exact) mass is 707 g/mol. The van der Waals surface area contributed by atoms with Gasteiger partial charge in [0.1, 0.15) is 22.3 Å². The zero-order valence-corrected chi connectivity index (χ0v) is 30.0. The number of nitrogens with zero attached hydrogens (tertiary/aromatic N) is 3. The van der Waals surface area contributed by atoms with E-state index in [2.05, 4.69) is 97.1 Å². The Morgan fingerprint density at radius 1 is 0.400 bits per heavy atom. The highest BCUT2D eigenvalue weighted by Gasteiger charge is 2.20. The van der Waals surface area contributed by atoms with Crippen LogP contribution in [0.15, 0.2) is 185 Å². The van der Waals surface area contributed by atoms with Crippen LogP contribution >= 0.6 is 0 Å². The molecule has 0 fully saturated rings. The fourth-order valence-corrected chi connectivity index (χ4v) is 7.51. The lowest BCUT2D eigenvalue weighted by atomic mass is 9.94. The van der Waals surface area contributed by atoms with Crippen LogP contribution in [0.3, 0.4) is 0 Å². The number of allylic oxidation sites excluding steroid dienone is 3. The number of hydrogen-bond acceptors (Lipinski definition) is 5. The largest absolute Gasteiger partial charge is 0.456 e. The summed E-state index contributed by atoms with van der Waals surface area (Å²) in [4.78, 5) is 15.4. The maximum atomic E-state index is 6.48. The zero-order chi connectivity index (χ0) is 36.7. The molecule has 0 saturated carbocycles. The molecule has 260 valence electrons. The van der Waals surface area contributed by atoms with Gasteiger partial charge in [-0.15, -0.1) is 0 Å². The van der Waals surface area contributed by atoms with Crippen LogP contribution in [-0.4, -0.2) is 15.0 Å². The molecule has 0 bridgehead atoms. The molecule has 0 spiro atoms. The van der Waals surface area contributed by atoms with Gasteiger partial charge in [0.2, 0.25) is 0 Å². The van der Waals surface area contributed by atoms with E-state index in [4.69, 9.17) is 23.8 Å². The van der Waals surface area contributed by atoms with Crippen molar-refractivity contribution in [1.29, 1.82) is 0 Å². The Balaban J connectivity index is 1.16. The van der Waals surface area contributed by atoms with Crippen LogP contribution in [0, 0.1) is 0 Å². The maximum absolute atomic E-state index is 6.48. The zero-order valence-electron chi connectivity index (χ0n) is 30.0. The molecule has 0 radical (unpaired) electrons. The second-order valence-corrected chi connectivity index (χ2v) is 13.5. The first-order valence-corrected chi connectivity index (χ1v) is 18.4. The van der Waals surface area contributed by atoms with Crippen molar-refractivity contribution in [1.82, 2.24) is 15.0 Å². The van der Waals surface area contributed by atoms with E-state index in [1.807, 2.05) is 91.9 Å². The Hall–Kier alpha value is -7.37. The van der Waals surface area contributed by atoms with Crippen LogP contribution in [0.5, 0.6) is 0 Å². The van der Waals surface area contributed by atoms with Gasteiger partial charge in [-0.3, -0.25) is 0 Å². The molecule has 0 aliphatic rings. The number of furan rings is 2. The lowest BCUT2D eigenvalue weighted by molar-refractivity contribution is 0.668. The summed E-state index contributed by atoms with van der Waals surface area (Å²) in [5.41, 5.74) is 11.4. The molecule has 10 aromatic rings. The Kier molecular flexibility index (Phi) is 7.96. The molecule has 0 N–H and O–H groups in total. The van der Waals surface area contributed by atoms with Gasteiger partial charge in [0, 0.05) is 38.2 Å². The molecule has 3 heterocycles. The fourth-order valence-electron chi connectivity index (χ4n) is 7.51. The minimum atomic E-state index is 0.581. The summed E-state index contributed by atoms with van der Waals surface area (Å²) in [6.07, 6.45) is 8.23. The molecule has 5 heteroatoms. The summed E-state index contributed by atoms with van der Waals surface area (Å²) in [5, 5.41) is 4.17. The van der Waals surface area contributed by atoms with Gasteiger partial charge in [-0.05, 0) is 77.2 Å². The van der Waals surface area contributed by atoms with Gasteiger partial charge in [-0.1, -0.05) is 140 Å². The highest BCUT2D eigenvalue weighted by atomic mass is 16.3. The minimum absolute atomic E-state index is 0.581. The highest BCUT2D eigenvalue weighted by molar-refractivity contribution is 6.14. The third-order valence-corrected chi connectivity index (χ3v) is 10.1. The second kappa shape index (κ2) is 13.6. The minimum Gasteiger partial charge on any atom is -0.456 e. The van der Waals surface area contributed by atoms with Crippen molar-refractivity contribution in [2.45, 2.75) is 6.92 Å². The molecule has 3 aromatic heterocycles. The van der Waals surface area contributed by atoms with Crippen molar-refractivity contribution in [3.05, 3.63) is 182 Å². The van der Waals surface area contributed by atoms with Gasteiger partial charge in [-0.2, -0.15) is 0 Å². The number of rotatable bonds is 7. The first-order valence-electron chi connectivity index (χ1n) is 18.4. The molecule has 0 aliphatic heterocycles. The number of fused-ring (bicyclic) bond motifs is 6. The summed E-state index contributed by atoms with van der Waals surface area (Å²) in [6.45, 7) is 2.01. The van der Waals surface area contributed by atoms with Crippen LogP contribution < -0.4 is 0 Å². The fraction of sp³-hybridized carbons (Fsp3) is 0.0200. The summed E-state index contributed by atoms with van der Waals surface area (Å²) < 4.78 is 12.7. The lowest BCUT2D eigenvalue weighted by Gasteiger charge is -2.13. The molecule has 0 aliphatic carbocycles. The summed E-state index contributed by atoms with van der Waals surface area (Å²) in [6, 6.07) is 53.9. The van der Waals surface area contributed by atoms with Crippen molar-refractivity contribution in [3.63, 3.8) is 0 Å². The molecular formula is C50H33N3O2. The Labute approximate surface area is 317 Å². The van der Waals surface area contributed by atoms with E-state index in [0.717, 1.165) is 88.4 Å². The van der Waals surface area contributed by atoms with Gasteiger partial charge >= 0.3 is 0 Å². The average Bonchev–Trinajstić information content (AvgIpc) is 3.82. The molecule has 10 rings (SSSR count). The summed E-state index contributed by atoms with van der Waals surface area (Å²) in [5.74, 6) is 1.76. The Bertz CT molecular complexity index is 3100. The average molecular weight is 708 g/mol. The van der Waals surface area contributed by atoms with E-state index >= 15 is 0 Å². The van der Waals surface area contributed by atoms with Crippen molar-refractivity contribution in [2.24, 2.45) is 0 Å². The van der Waals surface area contributed by atoms with Gasteiger partial charge in [0.05, 0.1) is 0 Å². The van der Waals surface area contributed by atoms with Crippen LogP contribution in [0.25, 0.3) is 106 Å². The molecule has 0 atom stereocenters. The number of benzene rings is 7. The van der Waals surface area contributed by atoms with Crippen molar-refractivity contribution < 1.29 is 8.83 Å². The highest BCUT2D eigenvalue weighted by Crippen LogP contribution is 2.41. The molecule has 55 heavy (non-hydrogen) atoms. The lowest BCUT2D eigenvalue weighted by Crippen LogP contribution is -2.01. The van der Waals surface area contributed by atoms with Crippen molar-refractivity contribution >= 4 is 50.0 Å². The van der Waals surface area contributed by atoms with E-state index in [1.54, 1.807) is 0 Å². The van der Waals surface area contributed by atoms with Crippen LogP contribution in [0.1, 0.15) is 12.5 Å². The smallest absolute Gasteiger partial charge is 0.164 e. The molecule has 5 nitrogen and oxygen atoms in total. The summed E-state index contributed by atoms with van der Waals surface area (Å²) in [7, 11) is 0. The standard InChI is InChI=1S/C50H33N3O2/c1-2-3-6-19-35-30-36(37-21-13-24-43-46(37)40-29-26-34(31-45(40)55-43)32-15-7-4-8-16-32)27-28-38(35)49-51-48(33-17-9-5-10-18-33)52-50(53-49)41-22-14-25-44-47(41)39-20-11-12-23-42(39)54-44/h2-31H,1H3/b3-2-,19-6-. The van der Waals surface area contributed by atoms with E-state index in [-0.39, 0.29) is 0 Å². The van der Waals surface area contributed by atoms with Crippen LogP contribution in [0.4, 0.5) is 0 Å². The normalized spacial score (nSPS) is 11.9. The molecule has 0 unspecified atom stereocenters. The van der Waals surface area contributed by atoms with Crippen LogP contribution in [-0.2, 0) is 0 Å². The topological polar surface area (TPSA) is 65.0 Å². The van der Waals surface area contributed by atoms with Crippen LogP contribution in [0.2, 0.25) is 0 Å². The van der Waals surface area contributed by atoms with Crippen molar-refractivity contribution in [3.8, 4) is 56.4 Å². The predicted octanol–water partition coefficient (Wildman–Crippen LogP) is 13.6. The van der Waals surface area contributed by atoms with E-state index in [0.29, 0.717) is 17.5 Å². The summed E-state index contributed by atoms with van der Waals surface area (Å²) >= 11 is 0. The number of para-hydroxylation sites is 1. The number of aromatic nitrogens is 3. The third kappa shape index (κ3) is 5.79. The first kappa shape index (κ1) is 32.3. The van der Waals surface area contributed by atoms with Crippen molar-refractivity contribution in [2.75, 3.05) is 0 Å². The quantitative estimate of drug-likeness (QED) is 0.154. The Morgan fingerprint density at radius 2 is 1.00 bits per heavy atom. The number of hydrogen-bond donors (Lipinski definition) is 0.